The third-order valence-electron chi connectivity index (χ3n) is 7.69. The Morgan fingerprint density at radius 3 is 1.33 bits per heavy atom. The van der Waals surface area contributed by atoms with Crippen molar-refractivity contribution in [3.63, 3.8) is 0 Å². The predicted molar refractivity (Wildman–Crippen MR) is 135 cm³/mol. The van der Waals surface area contributed by atoms with E-state index in [2.05, 4.69) is 18.2 Å². The number of nitrogens with zero attached hydrogens (tertiary/aromatic N) is 5. The van der Waals surface area contributed by atoms with E-state index >= 15 is 0 Å². The van der Waals surface area contributed by atoms with Crippen LogP contribution in [-0.4, -0.2) is 41.2 Å². The summed E-state index contributed by atoms with van der Waals surface area (Å²) in [7, 11) is 9.59. The van der Waals surface area contributed by atoms with Gasteiger partial charge >= 0.3 is 33.3 Å². The maximum atomic E-state index is 5.46. The molecule has 0 spiro atoms. The van der Waals surface area contributed by atoms with E-state index < -0.39 is 0 Å². The second kappa shape index (κ2) is 14.0. The summed E-state index contributed by atoms with van der Waals surface area (Å²) in [5.41, 5.74) is 2.17. The third-order valence-corrected chi connectivity index (χ3v) is 7.69. The van der Waals surface area contributed by atoms with Crippen LogP contribution in [-0.2, 0) is 26.2 Å². The van der Waals surface area contributed by atoms with Crippen LogP contribution in [0.15, 0.2) is 18.2 Å². The van der Waals surface area contributed by atoms with Crippen LogP contribution in [0.5, 0.6) is 0 Å². The van der Waals surface area contributed by atoms with Crippen molar-refractivity contribution in [2.75, 3.05) is 0 Å². The number of rotatable bonds is 0. The molecule has 0 radical (unpaired) electrons. The monoisotopic (exact) mass is 532 g/mol. The molecule has 1 aliphatic heterocycles. The van der Waals surface area contributed by atoms with E-state index in [9.17, 15) is 0 Å². The summed E-state index contributed by atoms with van der Waals surface area (Å²) in [5, 5.41) is 21.2. The quantitative estimate of drug-likeness (QED) is 0.313. The fraction of sp³-hybridized carbons (Fsp3) is 0.800. The number of aromatic nitrogens is 1. The molecule has 0 saturated heterocycles. The van der Waals surface area contributed by atoms with E-state index in [4.69, 9.17) is 46.4 Å². The molecular formula is C25H37Cl2MnN5-4. The molecule has 187 valence electrons. The summed E-state index contributed by atoms with van der Waals surface area (Å²) in [6.07, 6.45) is 15.0. The van der Waals surface area contributed by atoms with Gasteiger partial charge in [-0.05, 0) is 12.1 Å². The first-order valence-corrected chi connectivity index (χ1v) is 16.1. The summed E-state index contributed by atoms with van der Waals surface area (Å²) < 4.78 is 0. The molecule has 1 aromatic rings. The van der Waals surface area contributed by atoms with Gasteiger partial charge in [0, 0.05) is 11.4 Å². The number of pyridine rings is 1. The Hall–Kier alpha value is 0.0895. The van der Waals surface area contributed by atoms with Crippen molar-refractivity contribution in [1.29, 1.82) is 0 Å². The zero-order chi connectivity index (χ0) is 22.9. The zero-order valence-corrected chi connectivity index (χ0v) is 22.2. The summed E-state index contributed by atoms with van der Waals surface area (Å²) in [4.78, 5) is 4.88. The molecule has 0 N–H and O–H groups in total. The molecule has 4 unspecified atom stereocenters. The minimum atomic E-state index is 0.00694. The Labute approximate surface area is 214 Å². The number of hydrogen-bond acceptors (Lipinski definition) is 1. The maximum absolute atomic E-state index is 5.46. The van der Waals surface area contributed by atoms with Crippen LogP contribution >= 0.6 is 20.2 Å². The van der Waals surface area contributed by atoms with E-state index in [1.54, 1.807) is 0 Å². The first-order chi connectivity index (χ1) is 16.3. The van der Waals surface area contributed by atoms with Crippen LogP contribution in [0.3, 0.4) is 0 Å². The molecule has 2 heterocycles. The van der Waals surface area contributed by atoms with E-state index in [0.717, 1.165) is 24.5 Å². The molecule has 3 saturated carbocycles. The molecule has 6 atom stereocenters. The van der Waals surface area contributed by atoms with Crippen molar-refractivity contribution in [1.82, 2.24) is 4.98 Å². The Morgan fingerprint density at radius 1 is 0.606 bits per heavy atom. The SMILES string of the molecule is [Cl][Mn][Cl].c1cc2nc(c1)C[N-][C@@H]1CCCC[C@H]1[N-]C1CCCCC1[N-]C1CCCCC1[N-]C2. The van der Waals surface area contributed by atoms with Crippen LogP contribution in [0.25, 0.3) is 21.3 Å². The molecule has 0 aromatic carbocycles. The first kappa shape index (κ1) is 26.2. The molecule has 1 aromatic heterocycles. The van der Waals surface area contributed by atoms with Crippen LogP contribution in [0.1, 0.15) is 88.4 Å². The standard InChI is InChI=1S/C25H37N5.2ClH.Mn/c1-3-12-22-20(10-1)26-16-18-8-7-9-19(28-18)17-27-21-11-2-4-13-23(21)30-25-15-6-5-14-24(25)29-22;;;/h7-9,20-25H,1-6,10-17H2;2*1H;/q-4;;;+2/p-2/t20-,21?,22-,23?,24?,25?;;;/m1.../s1. The van der Waals surface area contributed by atoms with E-state index in [-0.39, 0.29) is 13.1 Å². The molecule has 3 aliphatic carbocycles. The summed E-state index contributed by atoms with van der Waals surface area (Å²) in [5.74, 6) is 0. The van der Waals surface area contributed by atoms with Crippen molar-refractivity contribution >= 4 is 20.2 Å². The van der Waals surface area contributed by atoms with Crippen LogP contribution in [0, 0.1) is 0 Å². The van der Waals surface area contributed by atoms with Crippen LogP contribution < -0.4 is 0 Å². The van der Waals surface area contributed by atoms with Crippen molar-refractivity contribution in [2.45, 2.75) is 126 Å². The zero-order valence-electron chi connectivity index (χ0n) is 19.5. The Bertz CT molecular complexity index is 658. The molecule has 5 rings (SSSR count). The van der Waals surface area contributed by atoms with Gasteiger partial charge in [0.2, 0.25) is 0 Å². The summed E-state index contributed by atoms with van der Waals surface area (Å²) >= 11 is 0.00694. The second-order valence-corrected chi connectivity index (χ2v) is 11.9. The van der Waals surface area contributed by atoms with Crippen molar-refractivity contribution < 1.29 is 13.1 Å². The largest absolute Gasteiger partial charge is 0.659 e. The van der Waals surface area contributed by atoms with Gasteiger partial charge in [-0.15, -0.1) is 13.1 Å². The molecular weight excluding hydrogens is 496 g/mol. The molecule has 2 bridgehead atoms. The number of halogens is 2. The van der Waals surface area contributed by atoms with Gasteiger partial charge in [0.1, 0.15) is 0 Å². The molecule has 8 heteroatoms. The van der Waals surface area contributed by atoms with Gasteiger partial charge in [0.05, 0.1) is 0 Å². The van der Waals surface area contributed by atoms with E-state index in [1.807, 2.05) is 0 Å². The topological polar surface area (TPSA) is 69.3 Å². The molecule has 0 amide bonds. The Kier molecular flexibility index (Phi) is 11.1. The Balaban J connectivity index is 0.000000821. The maximum Gasteiger partial charge on any atom is 0.0201 e. The third kappa shape index (κ3) is 7.79. The van der Waals surface area contributed by atoms with Gasteiger partial charge in [-0.2, -0.15) is 36.3 Å². The fourth-order valence-electron chi connectivity index (χ4n) is 6.02. The second-order valence-electron chi connectivity index (χ2n) is 9.91. The molecule has 33 heavy (non-hydrogen) atoms. The minimum Gasteiger partial charge on any atom is -0.659 e. The normalized spacial score (nSPS) is 35.3. The van der Waals surface area contributed by atoms with Gasteiger partial charge in [0.15, 0.2) is 0 Å². The summed E-state index contributed by atoms with van der Waals surface area (Å²) in [6, 6.07) is 8.69. The summed E-state index contributed by atoms with van der Waals surface area (Å²) in [6.45, 7) is 1.43. The number of fused-ring (bicyclic) bond motifs is 5. The number of hydrogen-bond donors (Lipinski definition) is 0. The van der Waals surface area contributed by atoms with Crippen molar-refractivity contribution in [3.8, 4) is 0 Å². The van der Waals surface area contributed by atoms with Gasteiger partial charge in [0.25, 0.3) is 0 Å². The fourth-order valence-corrected chi connectivity index (χ4v) is 6.02. The Morgan fingerprint density at radius 2 is 0.939 bits per heavy atom. The smallest absolute Gasteiger partial charge is 0.0201 e. The molecule has 4 aliphatic rings. The van der Waals surface area contributed by atoms with E-state index in [1.165, 1.54) is 77.0 Å². The van der Waals surface area contributed by atoms with Gasteiger partial charge in [-0.3, -0.25) is 4.98 Å². The van der Waals surface area contributed by atoms with Crippen LogP contribution in [0.2, 0.25) is 0 Å². The van der Waals surface area contributed by atoms with Gasteiger partial charge in [-0.25, -0.2) is 0 Å². The van der Waals surface area contributed by atoms with Gasteiger partial charge < -0.3 is 21.3 Å². The van der Waals surface area contributed by atoms with E-state index in [0.29, 0.717) is 36.3 Å². The van der Waals surface area contributed by atoms with Gasteiger partial charge in [-0.1, -0.05) is 83.1 Å². The van der Waals surface area contributed by atoms with Crippen molar-refractivity contribution in [3.05, 3.63) is 50.9 Å². The average Bonchev–Trinajstić information content (AvgIpc) is 2.85. The molecule has 3 fully saturated rings. The van der Waals surface area contributed by atoms with Crippen LogP contribution in [0.4, 0.5) is 0 Å². The molecule has 5 nitrogen and oxygen atoms in total. The minimum absolute atomic E-state index is 0.00694. The first-order valence-electron chi connectivity index (χ1n) is 12.8. The predicted octanol–water partition coefficient (Wildman–Crippen LogP) is 7.90. The van der Waals surface area contributed by atoms with Crippen molar-refractivity contribution in [2.24, 2.45) is 0 Å². The average molecular weight is 533 g/mol.